The van der Waals surface area contributed by atoms with Crippen LogP contribution in [0.5, 0.6) is 0 Å². The molecule has 0 amide bonds. The summed E-state index contributed by atoms with van der Waals surface area (Å²) < 4.78 is 2.29. The van der Waals surface area contributed by atoms with Gasteiger partial charge in [-0.15, -0.1) is 4.94 Å². The fraction of sp³-hybridized carbons (Fsp3) is 0.0682. The van der Waals surface area contributed by atoms with Crippen LogP contribution in [0.2, 0.25) is 0 Å². The summed E-state index contributed by atoms with van der Waals surface area (Å²) in [5.74, 6) is 0.877. The van der Waals surface area contributed by atoms with Gasteiger partial charge in [0.15, 0.2) is 0 Å². The lowest BCUT2D eigenvalue weighted by Gasteiger charge is -2.27. The van der Waals surface area contributed by atoms with E-state index in [1.807, 2.05) is 22.4 Å². The normalized spacial score (nSPS) is 12.6. The third-order valence-electron chi connectivity index (χ3n) is 9.31. The number of fused-ring (bicyclic) bond motifs is 4. The first kappa shape index (κ1) is 29.7. The number of benzene rings is 6. The zero-order chi connectivity index (χ0) is 33.6. The number of pyridine rings is 1. The molecule has 1 aliphatic rings. The van der Waals surface area contributed by atoms with Gasteiger partial charge in [0.05, 0.1) is 34.1 Å². The number of aromatic nitrogens is 2. The van der Waals surface area contributed by atoms with Crippen molar-refractivity contribution >= 4 is 55.9 Å². The summed E-state index contributed by atoms with van der Waals surface area (Å²) in [5.41, 5.74) is 10.6. The lowest BCUT2D eigenvalue weighted by Crippen LogP contribution is -2.31. The van der Waals surface area contributed by atoms with E-state index in [9.17, 15) is 0 Å². The fourth-order valence-electron chi connectivity index (χ4n) is 7.04. The van der Waals surface area contributed by atoms with Crippen molar-refractivity contribution in [3.05, 3.63) is 170 Å². The minimum absolute atomic E-state index is 0.173. The Kier molecular flexibility index (Phi) is 7.29. The largest absolute Gasteiger partial charge is 0.310 e. The smallest absolute Gasteiger partial charge is 0.138 e. The van der Waals surface area contributed by atoms with Gasteiger partial charge < -0.3 is 4.90 Å². The van der Waals surface area contributed by atoms with Gasteiger partial charge in [-0.3, -0.25) is 4.57 Å². The lowest BCUT2D eigenvalue weighted by molar-refractivity contribution is 0.113. The van der Waals surface area contributed by atoms with Gasteiger partial charge in [-0.05, 0) is 97.8 Å². The van der Waals surface area contributed by atoms with Crippen LogP contribution < -0.4 is 15.0 Å². The third kappa shape index (κ3) is 5.05. The number of anilines is 6. The number of nitrogens with zero attached hydrogens (tertiary/aromatic N) is 5. The van der Waals surface area contributed by atoms with Crippen molar-refractivity contribution in [2.24, 2.45) is 0 Å². The van der Waals surface area contributed by atoms with Crippen LogP contribution in [0.15, 0.2) is 170 Å². The topological polar surface area (TPSA) is 36.8 Å². The third-order valence-corrected chi connectivity index (χ3v) is 9.31. The van der Waals surface area contributed by atoms with Crippen LogP contribution in [0.3, 0.4) is 0 Å². The lowest BCUT2D eigenvalue weighted by atomic mass is 10.1. The summed E-state index contributed by atoms with van der Waals surface area (Å²) in [6.07, 6.45) is 1.91. The van der Waals surface area contributed by atoms with Gasteiger partial charge in [-0.2, -0.15) is 5.06 Å². The zero-order valence-electron chi connectivity index (χ0n) is 27.9. The number of hydrogen-bond donors (Lipinski definition) is 0. The molecule has 0 spiro atoms. The van der Waals surface area contributed by atoms with Gasteiger partial charge in [-0.1, -0.05) is 91.0 Å². The van der Waals surface area contributed by atoms with Crippen LogP contribution in [0.1, 0.15) is 13.8 Å². The summed E-state index contributed by atoms with van der Waals surface area (Å²) in [4.78, 5) is 13.7. The van der Waals surface area contributed by atoms with E-state index >= 15 is 0 Å². The Morgan fingerprint density at radius 2 is 1.22 bits per heavy atom. The average molecular weight is 650 g/mol. The Balaban J connectivity index is 1.21. The summed E-state index contributed by atoms with van der Waals surface area (Å²) in [7, 11) is 0. The van der Waals surface area contributed by atoms with E-state index in [4.69, 9.17) is 9.92 Å². The summed E-state index contributed by atoms with van der Waals surface area (Å²) >= 11 is 0. The Hall–Kier alpha value is -6.37. The van der Waals surface area contributed by atoms with Gasteiger partial charge in [0.1, 0.15) is 5.82 Å². The average Bonchev–Trinajstić information content (AvgIpc) is 3.73. The van der Waals surface area contributed by atoms with E-state index in [1.165, 1.54) is 10.8 Å². The molecule has 242 valence electrons. The minimum atomic E-state index is 0.173. The molecule has 0 unspecified atom stereocenters. The summed E-state index contributed by atoms with van der Waals surface area (Å²) in [6.45, 7) is 4.27. The molecule has 8 aromatic rings. The van der Waals surface area contributed by atoms with E-state index in [0.29, 0.717) is 0 Å². The molecule has 1 aliphatic heterocycles. The van der Waals surface area contributed by atoms with Crippen LogP contribution in [-0.4, -0.2) is 15.6 Å². The predicted molar refractivity (Wildman–Crippen MR) is 206 cm³/mol. The monoisotopic (exact) mass is 649 g/mol. The molecule has 0 radical (unpaired) electrons. The Morgan fingerprint density at radius 1 is 0.540 bits per heavy atom. The van der Waals surface area contributed by atoms with Crippen LogP contribution in [-0.2, 0) is 4.94 Å². The number of hydroxylamine groups is 1. The maximum absolute atomic E-state index is 6.46. The van der Waals surface area contributed by atoms with Gasteiger partial charge >= 0.3 is 0 Å². The Labute approximate surface area is 291 Å². The number of rotatable bonds is 7. The van der Waals surface area contributed by atoms with E-state index < -0.39 is 0 Å². The van der Waals surface area contributed by atoms with Crippen LogP contribution in [0.4, 0.5) is 34.1 Å². The van der Waals surface area contributed by atoms with Crippen molar-refractivity contribution in [2.75, 3.05) is 15.0 Å². The van der Waals surface area contributed by atoms with Gasteiger partial charge in [0, 0.05) is 34.0 Å². The second kappa shape index (κ2) is 12.3. The molecule has 0 fully saturated rings. The first-order valence-electron chi connectivity index (χ1n) is 17.0. The Bertz CT molecular complexity index is 2470. The van der Waals surface area contributed by atoms with Crippen LogP contribution in [0, 0.1) is 0 Å². The van der Waals surface area contributed by atoms with Crippen molar-refractivity contribution in [3.63, 3.8) is 0 Å². The summed E-state index contributed by atoms with van der Waals surface area (Å²) in [5, 5.41) is 6.25. The van der Waals surface area contributed by atoms with E-state index in [-0.39, 0.29) is 6.04 Å². The standard InChI is InChI=1S/C44H35N5O/c1-31(2)48-41-22-11-12-23-42(41)49(50-48)37-19-13-18-35(29-37)46(34-16-7-4-8-17-34)36-24-25-39-38-20-9-10-21-40(38)47(43(39)30-36)44-28-33(26-27-45-44)32-14-5-3-6-15-32/h3-31H,1-2H3. The maximum atomic E-state index is 6.46. The molecule has 6 aromatic carbocycles. The van der Waals surface area contributed by atoms with Gasteiger partial charge in [0.25, 0.3) is 0 Å². The number of para-hydroxylation sites is 4. The summed E-state index contributed by atoms with van der Waals surface area (Å²) in [6, 6.07) is 57.6. The fourth-order valence-corrected chi connectivity index (χ4v) is 7.04. The molecule has 3 heterocycles. The molecule has 6 nitrogen and oxygen atoms in total. The maximum Gasteiger partial charge on any atom is 0.138 e. The highest BCUT2D eigenvalue weighted by atomic mass is 16.8. The molecule has 0 aliphatic carbocycles. The highest BCUT2D eigenvalue weighted by molar-refractivity contribution is 6.10. The van der Waals surface area contributed by atoms with Crippen LogP contribution in [0.25, 0.3) is 38.8 Å². The second-order valence-electron chi connectivity index (χ2n) is 12.8. The van der Waals surface area contributed by atoms with E-state index in [1.54, 1.807) is 0 Å². The molecule has 9 rings (SSSR count). The molecule has 0 bridgehead atoms. The van der Waals surface area contributed by atoms with Crippen molar-refractivity contribution in [2.45, 2.75) is 19.9 Å². The van der Waals surface area contributed by atoms with Crippen molar-refractivity contribution < 1.29 is 4.94 Å². The quantitative estimate of drug-likeness (QED) is 0.172. The number of hydrogen-bond acceptors (Lipinski definition) is 5. The second-order valence-corrected chi connectivity index (χ2v) is 12.8. The Morgan fingerprint density at radius 3 is 2.04 bits per heavy atom. The molecule has 0 N–H and O–H groups in total. The SMILES string of the molecule is CC(C)N1ON(c2cccc(N(c3ccccc3)c3ccc4c5ccccc5n(-c5cc(-c6ccccc6)ccn5)c4c3)c2)c2ccccc21. The molecule has 2 aromatic heterocycles. The minimum Gasteiger partial charge on any atom is -0.310 e. The molecule has 50 heavy (non-hydrogen) atoms. The molecular weight excluding hydrogens is 615 g/mol. The first-order chi connectivity index (χ1) is 24.6. The molecular formula is C44H35N5O. The van der Waals surface area contributed by atoms with Crippen molar-refractivity contribution in [1.82, 2.24) is 9.55 Å². The molecule has 0 atom stereocenters. The molecule has 0 saturated carbocycles. The van der Waals surface area contributed by atoms with E-state index in [2.05, 4.69) is 181 Å². The van der Waals surface area contributed by atoms with Gasteiger partial charge in [0.2, 0.25) is 0 Å². The zero-order valence-corrected chi connectivity index (χ0v) is 27.9. The first-order valence-corrected chi connectivity index (χ1v) is 17.0. The van der Waals surface area contributed by atoms with E-state index in [0.717, 1.165) is 62.1 Å². The molecule has 6 heteroatoms. The highest BCUT2D eigenvalue weighted by Crippen LogP contribution is 2.45. The van der Waals surface area contributed by atoms with Gasteiger partial charge in [-0.25, -0.2) is 10.0 Å². The van der Waals surface area contributed by atoms with Crippen molar-refractivity contribution in [1.29, 1.82) is 0 Å². The van der Waals surface area contributed by atoms with Crippen molar-refractivity contribution in [3.8, 4) is 16.9 Å². The molecule has 0 saturated heterocycles. The highest BCUT2D eigenvalue weighted by Gasteiger charge is 2.31. The predicted octanol–water partition coefficient (Wildman–Crippen LogP) is 11.5. The van der Waals surface area contributed by atoms with Crippen LogP contribution >= 0.6 is 0 Å².